The van der Waals surface area contributed by atoms with Crippen molar-refractivity contribution in [2.75, 3.05) is 0 Å². The van der Waals surface area contributed by atoms with Gasteiger partial charge in [0.15, 0.2) is 0 Å². The largest absolute Gasteiger partial charge is 0.0888 e. The van der Waals surface area contributed by atoms with E-state index in [0.717, 1.165) is 5.92 Å². The molecule has 0 unspecified atom stereocenters. The van der Waals surface area contributed by atoms with Crippen molar-refractivity contribution in [1.82, 2.24) is 0 Å². The van der Waals surface area contributed by atoms with Crippen molar-refractivity contribution in [2.45, 2.75) is 71.1 Å². The highest BCUT2D eigenvalue weighted by molar-refractivity contribution is 4.80. The van der Waals surface area contributed by atoms with E-state index in [-0.39, 0.29) is 0 Å². The third-order valence-electron chi connectivity index (χ3n) is 3.36. The maximum Gasteiger partial charge on any atom is -0.0351 e. The molecule has 0 amide bonds. The van der Waals surface area contributed by atoms with Crippen LogP contribution in [-0.4, -0.2) is 0 Å². The summed E-state index contributed by atoms with van der Waals surface area (Å²) in [6.45, 7) is 2.21. The SMILES string of the molecule is CC/C=C\CCCC1CCCCCC1. The van der Waals surface area contributed by atoms with Crippen molar-refractivity contribution in [3.8, 4) is 0 Å². The molecule has 1 fully saturated rings. The first-order chi connectivity index (χ1) is 6.93. The van der Waals surface area contributed by atoms with Crippen LogP contribution >= 0.6 is 0 Å². The van der Waals surface area contributed by atoms with Gasteiger partial charge in [0.1, 0.15) is 0 Å². The van der Waals surface area contributed by atoms with E-state index in [4.69, 9.17) is 0 Å². The zero-order valence-electron chi connectivity index (χ0n) is 9.80. The van der Waals surface area contributed by atoms with Gasteiger partial charge < -0.3 is 0 Å². The second kappa shape index (κ2) is 8.08. The second-order valence-electron chi connectivity index (χ2n) is 4.67. The lowest BCUT2D eigenvalue weighted by molar-refractivity contribution is 0.417. The monoisotopic (exact) mass is 194 g/mol. The Bertz CT molecular complexity index is 138. The Morgan fingerprint density at radius 2 is 1.71 bits per heavy atom. The van der Waals surface area contributed by atoms with Crippen LogP contribution in [0.15, 0.2) is 12.2 Å². The zero-order valence-corrected chi connectivity index (χ0v) is 9.80. The third-order valence-corrected chi connectivity index (χ3v) is 3.36. The summed E-state index contributed by atoms with van der Waals surface area (Å²) in [5, 5.41) is 0. The van der Waals surface area contributed by atoms with Gasteiger partial charge in [0.25, 0.3) is 0 Å². The van der Waals surface area contributed by atoms with Gasteiger partial charge in [-0.3, -0.25) is 0 Å². The predicted octanol–water partition coefficient (Wildman–Crippen LogP) is 5.09. The van der Waals surface area contributed by atoms with Gasteiger partial charge in [0.2, 0.25) is 0 Å². The van der Waals surface area contributed by atoms with Crippen molar-refractivity contribution in [2.24, 2.45) is 5.92 Å². The molecule has 0 heteroatoms. The van der Waals surface area contributed by atoms with Gasteiger partial charge in [-0.1, -0.05) is 64.0 Å². The molecule has 0 aromatic rings. The molecule has 1 rings (SSSR count). The summed E-state index contributed by atoms with van der Waals surface area (Å²) in [7, 11) is 0. The molecule has 0 aromatic carbocycles. The van der Waals surface area contributed by atoms with E-state index >= 15 is 0 Å². The lowest BCUT2D eigenvalue weighted by Crippen LogP contribution is -1.97. The fourth-order valence-electron chi connectivity index (χ4n) is 2.46. The maximum atomic E-state index is 2.36. The lowest BCUT2D eigenvalue weighted by atomic mass is 9.94. The fraction of sp³-hybridized carbons (Fsp3) is 0.857. The molecule has 0 aromatic heterocycles. The zero-order chi connectivity index (χ0) is 10.1. The summed E-state index contributed by atoms with van der Waals surface area (Å²) in [4.78, 5) is 0. The molecule has 0 saturated heterocycles. The minimum absolute atomic E-state index is 1.06. The molecular weight excluding hydrogens is 168 g/mol. The first-order valence-electron chi connectivity index (χ1n) is 6.58. The molecule has 0 nitrogen and oxygen atoms in total. The third kappa shape index (κ3) is 5.47. The van der Waals surface area contributed by atoms with Gasteiger partial charge in [-0.2, -0.15) is 0 Å². The maximum absolute atomic E-state index is 2.36. The lowest BCUT2D eigenvalue weighted by Gasteiger charge is -2.12. The van der Waals surface area contributed by atoms with Crippen LogP contribution in [0.5, 0.6) is 0 Å². The van der Waals surface area contributed by atoms with E-state index in [1.54, 1.807) is 0 Å². The van der Waals surface area contributed by atoms with Crippen molar-refractivity contribution in [1.29, 1.82) is 0 Å². The number of hydrogen-bond donors (Lipinski definition) is 0. The highest BCUT2D eigenvalue weighted by Gasteiger charge is 2.10. The van der Waals surface area contributed by atoms with E-state index in [1.165, 1.54) is 64.2 Å². The molecule has 0 spiro atoms. The van der Waals surface area contributed by atoms with Crippen LogP contribution in [0.2, 0.25) is 0 Å². The smallest absolute Gasteiger partial charge is 0.0351 e. The van der Waals surface area contributed by atoms with Gasteiger partial charge in [-0.15, -0.1) is 0 Å². The number of hydrogen-bond acceptors (Lipinski definition) is 0. The predicted molar refractivity (Wildman–Crippen MR) is 64.5 cm³/mol. The molecule has 1 saturated carbocycles. The van der Waals surface area contributed by atoms with Crippen LogP contribution < -0.4 is 0 Å². The summed E-state index contributed by atoms with van der Waals surface area (Å²) in [6, 6.07) is 0. The molecule has 14 heavy (non-hydrogen) atoms. The molecule has 0 bridgehead atoms. The Balaban J connectivity index is 2.01. The normalized spacial score (nSPS) is 20.1. The molecule has 0 N–H and O–H groups in total. The highest BCUT2D eigenvalue weighted by atomic mass is 14.2. The van der Waals surface area contributed by atoms with Gasteiger partial charge in [0.05, 0.1) is 0 Å². The summed E-state index contributed by atoms with van der Waals surface area (Å²) >= 11 is 0. The molecular formula is C14H26. The number of unbranched alkanes of at least 4 members (excludes halogenated alkanes) is 1. The fourth-order valence-corrected chi connectivity index (χ4v) is 2.46. The first-order valence-corrected chi connectivity index (χ1v) is 6.58. The minimum Gasteiger partial charge on any atom is -0.0888 e. The van der Waals surface area contributed by atoms with Gasteiger partial charge in [-0.25, -0.2) is 0 Å². The molecule has 1 aliphatic rings. The quantitative estimate of drug-likeness (QED) is 0.325. The molecule has 0 heterocycles. The van der Waals surface area contributed by atoms with Crippen molar-refractivity contribution < 1.29 is 0 Å². The van der Waals surface area contributed by atoms with Crippen molar-refractivity contribution in [3.63, 3.8) is 0 Å². The number of allylic oxidation sites excluding steroid dienone is 2. The Labute approximate surface area is 89.8 Å². The van der Waals surface area contributed by atoms with Gasteiger partial charge in [0, 0.05) is 0 Å². The average molecular weight is 194 g/mol. The van der Waals surface area contributed by atoms with Gasteiger partial charge in [-0.05, 0) is 25.2 Å². The molecule has 1 aliphatic carbocycles. The van der Waals surface area contributed by atoms with E-state index in [1.807, 2.05) is 0 Å². The van der Waals surface area contributed by atoms with Crippen LogP contribution in [0.1, 0.15) is 71.1 Å². The Kier molecular flexibility index (Phi) is 6.82. The van der Waals surface area contributed by atoms with Gasteiger partial charge >= 0.3 is 0 Å². The van der Waals surface area contributed by atoms with E-state index in [9.17, 15) is 0 Å². The highest BCUT2D eigenvalue weighted by Crippen LogP contribution is 2.26. The average Bonchev–Trinajstić information content (AvgIpc) is 2.46. The minimum atomic E-state index is 1.06. The summed E-state index contributed by atoms with van der Waals surface area (Å²) < 4.78 is 0. The van der Waals surface area contributed by atoms with E-state index in [2.05, 4.69) is 19.1 Å². The Morgan fingerprint density at radius 1 is 1.00 bits per heavy atom. The standard InChI is InChI=1S/C14H26/c1-2-3-4-5-8-11-14-12-9-6-7-10-13-14/h3-4,14H,2,5-13H2,1H3/b4-3-. The van der Waals surface area contributed by atoms with E-state index in [0.29, 0.717) is 0 Å². The molecule has 0 radical (unpaired) electrons. The molecule has 0 atom stereocenters. The Hall–Kier alpha value is -0.260. The number of rotatable bonds is 5. The van der Waals surface area contributed by atoms with Crippen LogP contribution in [0.25, 0.3) is 0 Å². The Morgan fingerprint density at radius 3 is 2.36 bits per heavy atom. The second-order valence-corrected chi connectivity index (χ2v) is 4.67. The summed E-state index contributed by atoms with van der Waals surface area (Å²) in [5.74, 6) is 1.06. The van der Waals surface area contributed by atoms with Crippen LogP contribution in [0.4, 0.5) is 0 Å². The van der Waals surface area contributed by atoms with Crippen molar-refractivity contribution in [3.05, 3.63) is 12.2 Å². The molecule has 82 valence electrons. The summed E-state index contributed by atoms with van der Waals surface area (Å²) in [5.41, 5.74) is 0. The topological polar surface area (TPSA) is 0 Å². The molecule has 0 aliphatic heterocycles. The first kappa shape index (κ1) is 11.8. The van der Waals surface area contributed by atoms with E-state index < -0.39 is 0 Å². The van der Waals surface area contributed by atoms with Crippen LogP contribution in [0, 0.1) is 5.92 Å². The summed E-state index contributed by atoms with van der Waals surface area (Å²) in [6.07, 6.45) is 19.1. The van der Waals surface area contributed by atoms with Crippen LogP contribution in [-0.2, 0) is 0 Å². The van der Waals surface area contributed by atoms with Crippen molar-refractivity contribution >= 4 is 0 Å². The van der Waals surface area contributed by atoms with Crippen LogP contribution in [0.3, 0.4) is 0 Å².